The van der Waals surface area contributed by atoms with Gasteiger partial charge in [-0.3, -0.25) is 4.79 Å². The number of para-hydroxylation sites is 3. The SMILES string of the molecule is C=CCc1ccccc1OCCCCn1c(CCCNC(=O)COC)nc2ccccc21. The van der Waals surface area contributed by atoms with E-state index in [1.54, 1.807) is 0 Å². The summed E-state index contributed by atoms with van der Waals surface area (Å²) in [6.45, 7) is 6.11. The van der Waals surface area contributed by atoms with E-state index in [2.05, 4.69) is 40.7 Å². The smallest absolute Gasteiger partial charge is 0.245 e. The van der Waals surface area contributed by atoms with Gasteiger partial charge in [0.25, 0.3) is 0 Å². The third kappa shape index (κ3) is 6.69. The highest BCUT2D eigenvalue weighted by molar-refractivity contribution is 5.77. The van der Waals surface area contributed by atoms with Gasteiger partial charge in [-0.25, -0.2) is 4.98 Å². The molecule has 0 unspecified atom stereocenters. The number of ether oxygens (including phenoxy) is 2. The van der Waals surface area contributed by atoms with Crippen LogP contribution >= 0.6 is 0 Å². The highest BCUT2D eigenvalue weighted by atomic mass is 16.5. The molecule has 0 saturated carbocycles. The van der Waals surface area contributed by atoms with Gasteiger partial charge in [-0.2, -0.15) is 0 Å². The Morgan fingerprint density at radius 1 is 1.12 bits per heavy atom. The molecule has 0 atom stereocenters. The Labute approximate surface area is 190 Å². The molecule has 0 aliphatic carbocycles. The van der Waals surface area contributed by atoms with Crippen molar-refractivity contribution in [2.75, 3.05) is 26.9 Å². The number of allylic oxidation sites excluding steroid dienone is 1. The minimum Gasteiger partial charge on any atom is -0.493 e. The number of unbranched alkanes of at least 4 members (excludes halogenated alkanes) is 1. The molecule has 2 aromatic carbocycles. The van der Waals surface area contributed by atoms with Crippen LogP contribution < -0.4 is 10.1 Å². The third-order valence-electron chi connectivity index (χ3n) is 5.28. The summed E-state index contributed by atoms with van der Waals surface area (Å²) < 4.78 is 13.2. The summed E-state index contributed by atoms with van der Waals surface area (Å²) in [5.41, 5.74) is 3.34. The summed E-state index contributed by atoms with van der Waals surface area (Å²) >= 11 is 0. The third-order valence-corrected chi connectivity index (χ3v) is 5.28. The van der Waals surface area contributed by atoms with E-state index in [-0.39, 0.29) is 12.5 Å². The predicted molar refractivity (Wildman–Crippen MR) is 128 cm³/mol. The lowest BCUT2D eigenvalue weighted by atomic mass is 10.1. The van der Waals surface area contributed by atoms with Crippen LogP contribution in [-0.2, 0) is 28.9 Å². The number of carbonyl (C=O) groups is 1. The molecule has 6 nitrogen and oxygen atoms in total. The van der Waals surface area contributed by atoms with Gasteiger partial charge in [-0.1, -0.05) is 36.4 Å². The highest BCUT2D eigenvalue weighted by Crippen LogP contribution is 2.20. The number of nitrogens with one attached hydrogen (secondary N) is 1. The molecule has 3 rings (SSSR count). The monoisotopic (exact) mass is 435 g/mol. The van der Waals surface area contributed by atoms with E-state index in [4.69, 9.17) is 14.5 Å². The number of fused-ring (bicyclic) bond motifs is 1. The molecule has 0 bridgehead atoms. The number of nitrogens with zero attached hydrogens (tertiary/aromatic N) is 2. The van der Waals surface area contributed by atoms with Gasteiger partial charge >= 0.3 is 0 Å². The molecule has 3 aromatic rings. The molecule has 0 fully saturated rings. The normalized spacial score (nSPS) is 10.9. The molecule has 1 aromatic heterocycles. The minimum absolute atomic E-state index is 0.0873. The Hall–Kier alpha value is -3.12. The first-order valence-corrected chi connectivity index (χ1v) is 11.2. The summed E-state index contributed by atoms with van der Waals surface area (Å²) in [6, 6.07) is 16.4. The number of hydrogen-bond donors (Lipinski definition) is 1. The van der Waals surface area contributed by atoms with Crippen LogP contribution in [0.4, 0.5) is 0 Å². The fourth-order valence-corrected chi connectivity index (χ4v) is 3.75. The van der Waals surface area contributed by atoms with Crippen molar-refractivity contribution >= 4 is 16.9 Å². The number of aromatic nitrogens is 2. The maximum atomic E-state index is 11.6. The van der Waals surface area contributed by atoms with Gasteiger partial charge in [-0.05, 0) is 49.4 Å². The van der Waals surface area contributed by atoms with Crippen molar-refractivity contribution in [1.82, 2.24) is 14.9 Å². The van der Waals surface area contributed by atoms with Crippen LogP contribution in [0.1, 0.15) is 30.7 Å². The zero-order valence-corrected chi connectivity index (χ0v) is 18.9. The summed E-state index contributed by atoms with van der Waals surface area (Å²) in [6.07, 6.45) is 6.32. The average Bonchev–Trinajstić information content (AvgIpc) is 3.15. The van der Waals surface area contributed by atoms with E-state index in [0.29, 0.717) is 13.2 Å². The van der Waals surface area contributed by atoms with Crippen molar-refractivity contribution in [2.45, 2.75) is 38.6 Å². The molecule has 170 valence electrons. The first-order chi connectivity index (χ1) is 15.7. The fourth-order valence-electron chi connectivity index (χ4n) is 3.75. The molecule has 32 heavy (non-hydrogen) atoms. The Bertz CT molecular complexity index is 1010. The fraction of sp³-hybridized carbons (Fsp3) is 0.385. The first kappa shape index (κ1) is 23.5. The van der Waals surface area contributed by atoms with Crippen LogP contribution in [0.2, 0.25) is 0 Å². The molecule has 6 heteroatoms. The van der Waals surface area contributed by atoms with Crippen LogP contribution in [-0.4, -0.2) is 42.3 Å². The van der Waals surface area contributed by atoms with E-state index >= 15 is 0 Å². The van der Waals surface area contributed by atoms with Gasteiger partial charge in [0.1, 0.15) is 18.2 Å². The van der Waals surface area contributed by atoms with E-state index in [1.807, 2.05) is 30.3 Å². The number of hydrogen-bond acceptors (Lipinski definition) is 4. The summed E-state index contributed by atoms with van der Waals surface area (Å²) in [5, 5.41) is 2.87. The van der Waals surface area contributed by atoms with Crippen LogP contribution in [0.25, 0.3) is 11.0 Å². The Balaban J connectivity index is 1.53. The Kier molecular flexibility index (Phi) is 9.32. The van der Waals surface area contributed by atoms with E-state index < -0.39 is 0 Å². The molecule has 0 radical (unpaired) electrons. The lowest BCUT2D eigenvalue weighted by Gasteiger charge is -2.12. The van der Waals surface area contributed by atoms with Crippen LogP contribution in [0.3, 0.4) is 0 Å². The van der Waals surface area contributed by atoms with E-state index in [9.17, 15) is 4.79 Å². The molecule has 0 saturated heterocycles. The van der Waals surface area contributed by atoms with Gasteiger partial charge in [0.2, 0.25) is 5.91 Å². The van der Waals surface area contributed by atoms with E-state index in [1.165, 1.54) is 12.7 Å². The topological polar surface area (TPSA) is 65.4 Å². The van der Waals surface area contributed by atoms with Gasteiger partial charge in [-0.15, -0.1) is 6.58 Å². The van der Waals surface area contributed by atoms with Crippen molar-refractivity contribution in [1.29, 1.82) is 0 Å². The summed E-state index contributed by atoms with van der Waals surface area (Å²) in [4.78, 5) is 16.4. The molecule has 1 amide bonds. The van der Waals surface area contributed by atoms with Crippen molar-refractivity contribution < 1.29 is 14.3 Å². The maximum Gasteiger partial charge on any atom is 0.245 e. The Morgan fingerprint density at radius 3 is 2.78 bits per heavy atom. The zero-order chi connectivity index (χ0) is 22.6. The van der Waals surface area contributed by atoms with Gasteiger partial charge in [0.15, 0.2) is 0 Å². The van der Waals surface area contributed by atoms with Crippen LogP contribution in [0, 0.1) is 0 Å². The zero-order valence-electron chi connectivity index (χ0n) is 18.9. The number of aryl methyl sites for hydroxylation is 2. The van der Waals surface area contributed by atoms with E-state index in [0.717, 1.165) is 61.3 Å². The molecular weight excluding hydrogens is 402 g/mol. The summed E-state index contributed by atoms with van der Waals surface area (Å²) in [7, 11) is 1.52. The average molecular weight is 436 g/mol. The van der Waals surface area contributed by atoms with Crippen molar-refractivity contribution in [3.05, 3.63) is 72.6 Å². The maximum absolute atomic E-state index is 11.6. The van der Waals surface area contributed by atoms with Crippen molar-refractivity contribution in [3.8, 4) is 5.75 Å². The van der Waals surface area contributed by atoms with Gasteiger partial charge in [0, 0.05) is 26.6 Å². The number of methoxy groups -OCH3 is 1. The summed E-state index contributed by atoms with van der Waals surface area (Å²) in [5.74, 6) is 1.91. The predicted octanol–water partition coefficient (Wildman–Crippen LogP) is 4.32. The van der Waals surface area contributed by atoms with Crippen LogP contribution in [0.15, 0.2) is 61.2 Å². The molecule has 0 aliphatic rings. The Morgan fingerprint density at radius 2 is 1.94 bits per heavy atom. The number of rotatable bonds is 14. The lowest BCUT2D eigenvalue weighted by molar-refractivity contribution is -0.124. The quantitative estimate of drug-likeness (QED) is 0.303. The second kappa shape index (κ2) is 12.7. The molecule has 1 heterocycles. The lowest BCUT2D eigenvalue weighted by Crippen LogP contribution is -2.28. The number of benzene rings is 2. The second-order valence-electron chi connectivity index (χ2n) is 7.71. The van der Waals surface area contributed by atoms with Crippen molar-refractivity contribution in [2.24, 2.45) is 0 Å². The largest absolute Gasteiger partial charge is 0.493 e. The standard InChI is InChI=1S/C26H33N3O3/c1-3-11-21-12-4-7-15-24(21)32-19-9-8-18-29-23-14-6-5-13-22(23)28-25(29)16-10-17-27-26(30)20-31-2/h3-7,12-15H,1,8-11,16-20H2,2H3,(H,27,30). The highest BCUT2D eigenvalue weighted by Gasteiger charge is 2.10. The number of carbonyl (C=O) groups excluding carboxylic acids is 1. The number of imidazole rings is 1. The van der Waals surface area contributed by atoms with Gasteiger partial charge in [0.05, 0.1) is 17.6 Å². The van der Waals surface area contributed by atoms with Gasteiger partial charge < -0.3 is 19.4 Å². The molecule has 1 N–H and O–H groups in total. The minimum atomic E-state index is -0.0873. The van der Waals surface area contributed by atoms with Crippen molar-refractivity contribution in [3.63, 3.8) is 0 Å². The molecule has 0 aliphatic heterocycles. The molecule has 0 spiro atoms. The second-order valence-corrected chi connectivity index (χ2v) is 7.71. The first-order valence-electron chi connectivity index (χ1n) is 11.2. The van der Waals surface area contributed by atoms with Crippen LogP contribution in [0.5, 0.6) is 5.75 Å². The number of amides is 1. The molecular formula is C26H33N3O3.